The lowest BCUT2D eigenvalue weighted by Gasteiger charge is -2.37. The average molecular weight is 201 g/mol. The van der Waals surface area contributed by atoms with E-state index in [2.05, 4.69) is 11.9 Å². The number of rotatable bonds is 3. The standard InChI is InChI=1S/C10H19NO3/c1-4-11-8-5-7(2)9(6-12)14-10(8)13-3/h4,7-10,12H,5-6H2,1-3H3. The van der Waals surface area contributed by atoms with Gasteiger partial charge in [-0.15, -0.1) is 0 Å². The van der Waals surface area contributed by atoms with E-state index in [0.29, 0.717) is 5.92 Å². The molecule has 4 heteroatoms. The van der Waals surface area contributed by atoms with Crippen molar-refractivity contribution in [2.24, 2.45) is 10.9 Å². The molecule has 4 unspecified atom stereocenters. The lowest BCUT2D eigenvalue weighted by Crippen LogP contribution is -2.45. The molecule has 1 rings (SSSR count). The molecule has 1 fully saturated rings. The highest BCUT2D eigenvalue weighted by atomic mass is 16.7. The first-order valence-electron chi connectivity index (χ1n) is 4.99. The fourth-order valence-corrected chi connectivity index (χ4v) is 1.80. The maximum absolute atomic E-state index is 9.07. The number of aliphatic imine (C=N–C) groups is 1. The Hall–Kier alpha value is -0.450. The number of hydrogen-bond acceptors (Lipinski definition) is 4. The molecule has 0 amide bonds. The first-order valence-corrected chi connectivity index (χ1v) is 4.99. The summed E-state index contributed by atoms with van der Waals surface area (Å²) in [7, 11) is 1.60. The van der Waals surface area contributed by atoms with Crippen molar-refractivity contribution in [1.82, 2.24) is 0 Å². The van der Waals surface area contributed by atoms with Crippen LogP contribution in [0.5, 0.6) is 0 Å². The molecule has 0 spiro atoms. The molecule has 0 bridgehead atoms. The summed E-state index contributed by atoms with van der Waals surface area (Å²) in [5.41, 5.74) is 0. The zero-order chi connectivity index (χ0) is 10.6. The van der Waals surface area contributed by atoms with Gasteiger partial charge < -0.3 is 14.6 Å². The van der Waals surface area contributed by atoms with Crippen LogP contribution in [0.25, 0.3) is 0 Å². The Kier molecular flexibility index (Phi) is 4.51. The normalized spacial score (nSPS) is 39.1. The van der Waals surface area contributed by atoms with E-state index in [-0.39, 0.29) is 25.0 Å². The molecule has 4 atom stereocenters. The highest BCUT2D eigenvalue weighted by Crippen LogP contribution is 2.27. The highest BCUT2D eigenvalue weighted by molar-refractivity contribution is 5.53. The highest BCUT2D eigenvalue weighted by Gasteiger charge is 2.35. The third-order valence-electron chi connectivity index (χ3n) is 2.62. The molecule has 1 aliphatic rings. The zero-order valence-electron chi connectivity index (χ0n) is 9.01. The van der Waals surface area contributed by atoms with Gasteiger partial charge in [0.15, 0.2) is 6.29 Å². The largest absolute Gasteiger partial charge is 0.394 e. The summed E-state index contributed by atoms with van der Waals surface area (Å²) < 4.78 is 10.8. The predicted molar refractivity (Wildman–Crippen MR) is 54.5 cm³/mol. The smallest absolute Gasteiger partial charge is 0.179 e. The summed E-state index contributed by atoms with van der Waals surface area (Å²) in [5, 5.41) is 9.07. The van der Waals surface area contributed by atoms with Gasteiger partial charge in [-0.2, -0.15) is 0 Å². The van der Waals surface area contributed by atoms with E-state index < -0.39 is 0 Å². The first kappa shape index (κ1) is 11.6. The van der Waals surface area contributed by atoms with Crippen LogP contribution < -0.4 is 0 Å². The molecule has 1 heterocycles. The van der Waals surface area contributed by atoms with Gasteiger partial charge in [0, 0.05) is 7.11 Å². The van der Waals surface area contributed by atoms with Crippen molar-refractivity contribution in [2.75, 3.05) is 13.7 Å². The average Bonchev–Trinajstić information content (AvgIpc) is 2.19. The molecule has 0 aromatic heterocycles. The lowest BCUT2D eigenvalue weighted by molar-refractivity contribution is -0.211. The third-order valence-corrected chi connectivity index (χ3v) is 2.62. The van der Waals surface area contributed by atoms with Crippen molar-refractivity contribution < 1.29 is 14.6 Å². The van der Waals surface area contributed by atoms with E-state index in [1.165, 1.54) is 0 Å². The van der Waals surface area contributed by atoms with E-state index in [1.54, 1.807) is 13.3 Å². The van der Waals surface area contributed by atoms with Crippen molar-refractivity contribution >= 4 is 6.21 Å². The monoisotopic (exact) mass is 201 g/mol. The van der Waals surface area contributed by atoms with Crippen LogP contribution in [-0.2, 0) is 9.47 Å². The fraction of sp³-hybridized carbons (Fsp3) is 0.900. The third kappa shape index (κ3) is 2.53. The second kappa shape index (κ2) is 5.44. The van der Waals surface area contributed by atoms with Crippen molar-refractivity contribution in [1.29, 1.82) is 0 Å². The number of nitrogens with zero attached hydrogens (tertiary/aromatic N) is 1. The second-order valence-corrected chi connectivity index (χ2v) is 3.65. The minimum absolute atomic E-state index is 0.0452. The SMILES string of the molecule is CC=NC1CC(C)C(CO)OC1OC. The molecule has 0 saturated carbocycles. The van der Waals surface area contributed by atoms with Crippen molar-refractivity contribution in [3.8, 4) is 0 Å². The molecule has 1 aliphatic heterocycles. The Balaban J connectivity index is 2.62. The Morgan fingerprint density at radius 3 is 2.86 bits per heavy atom. The first-order chi connectivity index (χ1) is 6.72. The van der Waals surface area contributed by atoms with E-state index in [4.69, 9.17) is 14.6 Å². The van der Waals surface area contributed by atoms with Gasteiger partial charge >= 0.3 is 0 Å². The van der Waals surface area contributed by atoms with Crippen molar-refractivity contribution in [2.45, 2.75) is 38.7 Å². The zero-order valence-corrected chi connectivity index (χ0v) is 9.01. The predicted octanol–water partition coefficient (Wildman–Crippen LogP) is 0.835. The molecule has 0 radical (unpaired) electrons. The molecule has 1 saturated heterocycles. The maximum Gasteiger partial charge on any atom is 0.179 e. The number of ether oxygens (including phenoxy) is 2. The molecule has 4 nitrogen and oxygen atoms in total. The van der Waals surface area contributed by atoms with E-state index >= 15 is 0 Å². The quantitative estimate of drug-likeness (QED) is 0.688. The number of methoxy groups -OCH3 is 1. The van der Waals surface area contributed by atoms with Crippen molar-refractivity contribution in [3.05, 3.63) is 0 Å². The van der Waals surface area contributed by atoms with Gasteiger partial charge in [-0.3, -0.25) is 4.99 Å². The lowest BCUT2D eigenvalue weighted by atomic mass is 9.93. The molecule has 14 heavy (non-hydrogen) atoms. The van der Waals surface area contributed by atoms with Gasteiger partial charge in [0.05, 0.1) is 12.7 Å². The van der Waals surface area contributed by atoms with Gasteiger partial charge in [-0.25, -0.2) is 0 Å². The summed E-state index contributed by atoms with van der Waals surface area (Å²) in [6, 6.07) is 0.0581. The molecule has 0 aromatic rings. The summed E-state index contributed by atoms with van der Waals surface area (Å²) in [6.45, 7) is 3.99. The van der Waals surface area contributed by atoms with Crippen LogP contribution in [0.15, 0.2) is 4.99 Å². The van der Waals surface area contributed by atoms with Gasteiger partial charge in [-0.1, -0.05) is 6.92 Å². The van der Waals surface area contributed by atoms with Crippen LogP contribution in [0.3, 0.4) is 0 Å². The Bertz CT molecular complexity index is 196. The molecular formula is C10H19NO3. The Morgan fingerprint density at radius 2 is 2.36 bits per heavy atom. The Morgan fingerprint density at radius 1 is 1.64 bits per heavy atom. The van der Waals surface area contributed by atoms with E-state index in [0.717, 1.165) is 6.42 Å². The van der Waals surface area contributed by atoms with Crippen LogP contribution in [0.1, 0.15) is 20.3 Å². The molecule has 1 N–H and O–H groups in total. The number of aliphatic hydroxyl groups is 1. The summed E-state index contributed by atoms with van der Waals surface area (Å²) in [4.78, 5) is 4.30. The maximum atomic E-state index is 9.07. The van der Waals surface area contributed by atoms with Crippen LogP contribution in [-0.4, -0.2) is 43.5 Å². The topological polar surface area (TPSA) is 51.1 Å². The number of hydrogen-bond donors (Lipinski definition) is 1. The molecule has 82 valence electrons. The summed E-state index contributed by atoms with van der Waals surface area (Å²) in [5.74, 6) is 0.320. The molecule has 0 aromatic carbocycles. The summed E-state index contributed by atoms with van der Waals surface area (Å²) >= 11 is 0. The fourth-order valence-electron chi connectivity index (χ4n) is 1.80. The Labute approximate surface area is 84.9 Å². The minimum Gasteiger partial charge on any atom is -0.394 e. The van der Waals surface area contributed by atoms with Gasteiger partial charge in [0.2, 0.25) is 0 Å². The van der Waals surface area contributed by atoms with Crippen LogP contribution >= 0.6 is 0 Å². The molecule has 0 aliphatic carbocycles. The van der Waals surface area contributed by atoms with Crippen LogP contribution in [0, 0.1) is 5.92 Å². The van der Waals surface area contributed by atoms with Gasteiger partial charge in [0.1, 0.15) is 6.04 Å². The second-order valence-electron chi connectivity index (χ2n) is 3.65. The van der Waals surface area contributed by atoms with E-state index in [1.807, 2.05) is 6.92 Å². The van der Waals surface area contributed by atoms with Crippen LogP contribution in [0.2, 0.25) is 0 Å². The number of aliphatic hydroxyl groups excluding tert-OH is 1. The summed E-state index contributed by atoms with van der Waals surface area (Å²) in [6.07, 6.45) is 2.22. The van der Waals surface area contributed by atoms with E-state index in [9.17, 15) is 0 Å². The van der Waals surface area contributed by atoms with Gasteiger partial charge in [-0.05, 0) is 25.5 Å². The minimum atomic E-state index is -0.320. The van der Waals surface area contributed by atoms with Crippen LogP contribution in [0.4, 0.5) is 0 Å². The van der Waals surface area contributed by atoms with Gasteiger partial charge in [0.25, 0.3) is 0 Å². The van der Waals surface area contributed by atoms with Crippen molar-refractivity contribution in [3.63, 3.8) is 0 Å². The molecular weight excluding hydrogens is 182 g/mol.